The molecule has 6 nitrogen and oxygen atoms in total. The second-order valence-electron chi connectivity index (χ2n) is 3.84. The highest BCUT2D eigenvalue weighted by Gasteiger charge is 2.26. The molecule has 2 rings (SSSR count). The average Bonchev–Trinajstić information content (AvgIpc) is 2.47. The Balaban J connectivity index is 2.04. The Kier molecular flexibility index (Phi) is 4.11. The summed E-state index contributed by atoms with van der Waals surface area (Å²) in [6.45, 7) is 2.51. The number of pyridine rings is 1. The summed E-state index contributed by atoms with van der Waals surface area (Å²) >= 11 is 5.80. The molecule has 1 aliphatic rings. The van der Waals surface area contributed by atoms with Crippen LogP contribution in [0.15, 0.2) is 24.5 Å². The topological polar surface area (TPSA) is 65.5 Å². The molecule has 0 spiro atoms. The molecule has 0 aliphatic carbocycles. The fourth-order valence-electron chi connectivity index (χ4n) is 1.67. The third-order valence-corrected chi connectivity index (χ3v) is 2.96. The highest BCUT2D eigenvalue weighted by Crippen LogP contribution is 2.10. The molecule has 0 atom stereocenters. The number of halogens is 1. The van der Waals surface area contributed by atoms with E-state index in [0.717, 1.165) is 0 Å². The van der Waals surface area contributed by atoms with Crippen molar-refractivity contribution in [3.05, 3.63) is 30.1 Å². The van der Waals surface area contributed by atoms with Crippen LogP contribution < -0.4 is 5.32 Å². The van der Waals surface area contributed by atoms with Crippen LogP contribution in [0.3, 0.4) is 0 Å². The molecule has 1 aromatic rings. The molecule has 96 valence electrons. The number of imide groups is 1. The number of nitrogens with zero attached hydrogens (tertiary/aromatic N) is 3. The number of hydrogen-bond donors (Lipinski definition) is 1. The summed E-state index contributed by atoms with van der Waals surface area (Å²) in [4.78, 5) is 29.2. The van der Waals surface area contributed by atoms with Gasteiger partial charge in [-0.25, -0.2) is 4.79 Å². The Bertz CT molecular complexity index is 434. The average molecular weight is 269 g/mol. The minimum Gasteiger partial charge on any atom is -0.321 e. The summed E-state index contributed by atoms with van der Waals surface area (Å²) in [5.74, 6) is -0.539. The van der Waals surface area contributed by atoms with Crippen LogP contribution in [0.2, 0.25) is 0 Å². The molecule has 0 unspecified atom stereocenters. The van der Waals surface area contributed by atoms with Crippen molar-refractivity contribution in [2.45, 2.75) is 0 Å². The first-order chi connectivity index (χ1) is 8.70. The van der Waals surface area contributed by atoms with Gasteiger partial charge in [0.05, 0.1) is 0 Å². The van der Waals surface area contributed by atoms with Crippen LogP contribution in [-0.2, 0) is 0 Å². The molecule has 0 bridgehead atoms. The van der Waals surface area contributed by atoms with E-state index >= 15 is 0 Å². The normalized spacial score (nSPS) is 15.3. The van der Waals surface area contributed by atoms with Crippen LogP contribution in [0.1, 0.15) is 10.4 Å². The Hall–Kier alpha value is -1.66. The van der Waals surface area contributed by atoms with Gasteiger partial charge < -0.3 is 10.2 Å². The number of hydrogen-bond acceptors (Lipinski definition) is 4. The van der Waals surface area contributed by atoms with Crippen molar-refractivity contribution >= 4 is 23.7 Å². The van der Waals surface area contributed by atoms with E-state index in [1.165, 1.54) is 24.5 Å². The first kappa shape index (κ1) is 12.8. The standard InChI is InChI=1S/C11H13ClN4O2/c12-16(10(17)9-1-3-13-4-2-9)11(18)15-7-5-14-6-8-15/h1-4,14H,5-8H2. The zero-order valence-electron chi connectivity index (χ0n) is 9.67. The molecule has 1 fully saturated rings. The number of aromatic nitrogens is 1. The van der Waals surface area contributed by atoms with E-state index in [-0.39, 0.29) is 0 Å². The zero-order valence-corrected chi connectivity index (χ0v) is 10.4. The van der Waals surface area contributed by atoms with Crippen molar-refractivity contribution in [3.63, 3.8) is 0 Å². The van der Waals surface area contributed by atoms with Gasteiger partial charge in [-0.1, -0.05) is 0 Å². The van der Waals surface area contributed by atoms with Crippen LogP contribution >= 0.6 is 11.8 Å². The van der Waals surface area contributed by atoms with Gasteiger partial charge in [0.2, 0.25) is 0 Å². The van der Waals surface area contributed by atoms with E-state index < -0.39 is 11.9 Å². The lowest BCUT2D eigenvalue weighted by atomic mass is 10.2. The fraction of sp³-hybridized carbons (Fsp3) is 0.364. The van der Waals surface area contributed by atoms with E-state index in [1.807, 2.05) is 0 Å². The first-order valence-electron chi connectivity index (χ1n) is 5.60. The number of rotatable bonds is 1. The Labute approximate surface area is 110 Å². The van der Waals surface area contributed by atoms with E-state index in [1.54, 1.807) is 4.90 Å². The van der Waals surface area contributed by atoms with Crippen LogP contribution in [0.5, 0.6) is 0 Å². The van der Waals surface area contributed by atoms with Crippen molar-refractivity contribution in [2.75, 3.05) is 26.2 Å². The minimum absolute atomic E-state index is 0.337. The number of nitrogens with one attached hydrogen (secondary N) is 1. The predicted molar refractivity (Wildman–Crippen MR) is 66.1 cm³/mol. The third-order valence-electron chi connectivity index (χ3n) is 2.66. The van der Waals surface area contributed by atoms with Gasteiger partial charge >= 0.3 is 6.03 Å². The van der Waals surface area contributed by atoms with Gasteiger partial charge in [-0.05, 0) is 12.1 Å². The SMILES string of the molecule is O=C(c1ccncc1)N(Cl)C(=O)N1CCNCC1. The predicted octanol–water partition coefficient (Wildman–Crippen LogP) is 0.703. The monoisotopic (exact) mass is 268 g/mol. The van der Waals surface area contributed by atoms with Crippen molar-refractivity contribution in [2.24, 2.45) is 0 Å². The van der Waals surface area contributed by atoms with Crippen LogP contribution in [-0.4, -0.2) is 52.4 Å². The van der Waals surface area contributed by atoms with Gasteiger partial charge in [0.1, 0.15) is 0 Å². The lowest BCUT2D eigenvalue weighted by molar-refractivity contribution is 0.0857. The molecule has 0 saturated carbocycles. The molecule has 1 saturated heterocycles. The summed E-state index contributed by atoms with van der Waals surface area (Å²) in [5, 5.41) is 3.12. The van der Waals surface area contributed by atoms with Gasteiger partial charge in [0, 0.05) is 55.9 Å². The molecule has 7 heteroatoms. The molecule has 1 aromatic heterocycles. The Morgan fingerprint density at radius 2 is 1.89 bits per heavy atom. The summed E-state index contributed by atoms with van der Waals surface area (Å²) in [6.07, 6.45) is 2.96. The van der Waals surface area contributed by atoms with Gasteiger partial charge in [0.15, 0.2) is 0 Å². The largest absolute Gasteiger partial charge is 0.342 e. The first-order valence-corrected chi connectivity index (χ1v) is 5.94. The van der Waals surface area contributed by atoms with Gasteiger partial charge in [0.25, 0.3) is 5.91 Å². The number of carbonyl (C=O) groups excluding carboxylic acids is 2. The van der Waals surface area contributed by atoms with Gasteiger partial charge in [-0.15, -0.1) is 0 Å². The summed E-state index contributed by atoms with van der Waals surface area (Å²) in [6, 6.07) is 2.55. The third kappa shape index (κ3) is 2.77. The van der Waals surface area contributed by atoms with Gasteiger partial charge in [-0.3, -0.25) is 9.78 Å². The molecule has 0 radical (unpaired) electrons. The maximum absolute atomic E-state index is 12.0. The molecule has 1 aliphatic heterocycles. The second kappa shape index (κ2) is 5.79. The van der Waals surface area contributed by atoms with Gasteiger partial charge in [-0.2, -0.15) is 4.42 Å². The maximum atomic E-state index is 12.0. The number of urea groups is 1. The summed E-state index contributed by atoms with van der Waals surface area (Å²) in [5.41, 5.74) is 0.337. The number of amides is 3. The van der Waals surface area contributed by atoms with E-state index in [2.05, 4.69) is 10.3 Å². The Morgan fingerprint density at radius 1 is 1.28 bits per heavy atom. The summed E-state index contributed by atoms with van der Waals surface area (Å²) < 4.78 is 0.626. The lowest BCUT2D eigenvalue weighted by Gasteiger charge is -2.29. The smallest absolute Gasteiger partial charge is 0.321 e. The van der Waals surface area contributed by atoms with Crippen LogP contribution in [0.4, 0.5) is 4.79 Å². The van der Waals surface area contributed by atoms with Crippen molar-refractivity contribution in [1.82, 2.24) is 19.6 Å². The van der Waals surface area contributed by atoms with E-state index in [4.69, 9.17) is 11.8 Å². The van der Waals surface area contributed by atoms with Crippen LogP contribution in [0, 0.1) is 0 Å². The fourth-order valence-corrected chi connectivity index (χ4v) is 1.88. The lowest BCUT2D eigenvalue weighted by Crippen LogP contribution is -2.50. The van der Waals surface area contributed by atoms with Crippen molar-refractivity contribution < 1.29 is 9.59 Å². The van der Waals surface area contributed by atoms with E-state index in [9.17, 15) is 9.59 Å². The Morgan fingerprint density at radius 3 is 2.50 bits per heavy atom. The summed E-state index contributed by atoms with van der Waals surface area (Å²) in [7, 11) is 0. The molecule has 3 amide bonds. The van der Waals surface area contributed by atoms with Crippen LogP contribution in [0.25, 0.3) is 0 Å². The zero-order chi connectivity index (χ0) is 13.0. The molecular formula is C11H13ClN4O2. The maximum Gasteiger partial charge on any atom is 0.342 e. The quantitative estimate of drug-likeness (QED) is 0.762. The molecule has 2 heterocycles. The molecule has 1 N–H and O–H groups in total. The molecule has 18 heavy (non-hydrogen) atoms. The highest BCUT2D eigenvalue weighted by molar-refractivity contribution is 6.32. The molecule has 0 aromatic carbocycles. The van der Waals surface area contributed by atoms with Crippen molar-refractivity contribution in [3.8, 4) is 0 Å². The number of piperazine rings is 1. The second-order valence-corrected chi connectivity index (χ2v) is 4.18. The minimum atomic E-state index is -0.539. The molecular weight excluding hydrogens is 256 g/mol. The highest BCUT2D eigenvalue weighted by atomic mass is 35.5. The number of carbonyl (C=O) groups is 2. The van der Waals surface area contributed by atoms with Crippen molar-refractivity contribution in [1.29, 1.82) is 0 Å². The van der Waals surface area contributed by atoms with E-state index in [0.29, 0.717) is 36.2 Å².